The maximum atomic E-state index is 5.82. The molecule has 2 nitrogen and oxygen atoms in total. The minimum Gasteiger partial charge on any atom is -0.374 e. The molecule has 0 aromatic heterocycles. The smallest absolute Gasteiger partial charge is 0.0396 e. The highest BCUT2D eigenvalue weighted by molar-refractivity contribution is 5.85. The first-order valence-corrected chi connectivity index (χ1v) is 5.75. The largest absolute Gasteiger partial charge is 0.374 e. The van der Waals surface area contributed by atoms with Crippen molar-refractivity contribution in [3.8, 4) is 0 Å². The van der Waals surface area contributed by atoms with Crippen molar-refractivity contribution < 1.29 is 0 Å². The molecular formula is C13H21ClN2. The van der Waals surface area contributed by atoms with Crippen LogP contribution in [0.5, 0.6) is 0 Å². The molecule has 1 aromatic carbocycles. The number of nitrogens with two attached hydrogens (primary N) is 1. The Morgan fingerprint density at radius 3 is 2.88 bits per heavy atom. The predicted molar refractivity (Wildman–Crippen MR) is 72.6 cm³/mol. The molecule has 0 saturated heterocycles. The molecule has 0 bridgehead atoms. The third-order valence-corrected chi connectivity index (χ3v) is 3.05. The monoisotopic (exact) mass is 240 g/mol. The lowest BCUT2D eigenvalue weighted by molar-refractivity contribution is 0.724. The normalized spacial score (nSPS) is 16.3. The van der Waals surface area contributed by atoms with Crippen LogP contribution in [0.1, 0.15) is 24.5 Å². The molecule has 0 aliphatic carbocycles. The van der Waals surface area contributed by atoms with Gasteiger partial charge < -0.3 is 10.6 Å². The number of hydrogen-bond acceptors (Lipinski definition) is 2. The van der Waals surface area contributed by atoms with Crippen molar-refractivity contribution in [2.75, 3.05) is 18.5 Å². The molecule has 1 aliphatic heterocycles. The number of hydrogen-bond donors (Lipinski definition) is 1. The molecule has 2 N–H and O–H groups in total. The van der Waals surface area contributed by atoms with Gasteiger partial charge in [-0.05, 0) is 43.4 Å². The van der Waals surface area contributed by atoms with Gasteiger partial charge in [0.15, 0.2) is 0 Å². The topological polar surface area (TPSA) is 29.3 Å². The number of benzene rings is 1. The molecule has 0 spiro atoms. The van der Waals surface area contributed by atoms with Gasteiger partial charge >= 0.3 is 0 Å². The maximum Gasteiger partial charge on any atom is 0.0396 e. The SMILES string of the molecule is CC(N)Cc1ccc2c(c1)CCCN2C.Cl. The van der Waals surface area contributed by atoms with E-state index in [0.29, 0.717) is 0 Å². The van der Waals surface area contributed by atoms with Crippen LogP contribution in [-0.4, -0.2) is 19.6 Å². The van der Waals surface area contributed by atoms with E-state index < -0.39 is 0 Å². The molecule has 0 saturated carbocycles. The molecule has 0 fully saturated rings. The van der Waals surface area contributed by atoms with Gasteiger partial charge in [-0.3, -0.25) is 0 Å². The summed E-state index contributed by atoms with van der Waals surface area (Å²) in [6.45, 7) is 3.24. The summed E-state index contributed by atoms with van der Waals surface area (Å²) in [5, 5.41) is 0. The van der Waals surface area contributed by atoms with Crippen LogP contribution < -0.4 is 10.6 Å². The van der Waals surface area contributed by atoms with Crippen molar-refractivity contribution in [3.63, 3.8) is 0 Å². The van der Waals surface area contributed by atoms with E-state index in [1.807, 2.05) is 0 Å². The summed E-state index contributed by atoms with van der Waals surface area (Å²) in [7, 11) is 2.17. The van der Waals surface area contributed by atoms with Crippen LogP contribution in [0.4, 0.5) is 5.69 Å². The minimum absolute atomic E-state index is 0. The Bertz CT molecular complexity index is 350. The van der Waals surface area contributed by atoms with E-state index in [1.54, 1.807) is 0 Å². The Morgan fingerprint density at radius 1 is 1.44 bits per heavy atom. The van der Waals surface area contributed by atoms with E-state index in [9.17, 15) is 0 Å². The fourth-order valence-electron chi connectivity index (χ4n) is 2.34. The predicted octanol–water partition coefficient (Wildman–Crippen LogP) is 2.38. The third kappa shape index (κ3) is 2.89. The van der Waals surface area contributed by atoms with Crippen molar-refractivity contribution >= 4 is 18.1 Å². The van der Waals surface area contributed by atoms with Gasteiger partial charge in [-0.25, -0.2) is 0 Å². The highest BCUT2D eigenvalue weighted by atomic mass is 35.5. The van der Waals surface area contributed by atoms with Crippen molar-refractivity contribution in [2.24, 2.45) is 5.73 Å². The second-order valence-electron chi connectivity index (χ2n) is 4.67. The summed E-state index contributed by atoms with van der Waals surface area (Å²) >= 11 is 0. The van der Waals surface area contributed by atoms with Crippen LogP contribution in [-0.2, 0) is 12.8 Å². The molecule has 1 heterocycles. The number of halogens is 1. The van der Waals surface area contributed by atoms with Gasteiger partial charge in [0.05, 0.1) is 0 Å². The van der Waals surface area contributed by atoms with Gasteiger partial charge in [-0.1, -0.05) is 12.1 Å². The number of fused-ring (bicyclic) bond motifs is 1. The summed E-state index contributed by atoms with van der Waals surface area (Å²) in [6.07, 6.45) is 3.47. The van der Waals surface area contributed by atoms with Gasteiger partial charge in [0.1, 0.15) is 0 Å². The molecule has 1 atom stereocenters. The van der Waals surface area contributed by atoms with Crippen LogP contribution >= 0.6 is 12.4 Å². The molecule has 2 rings (SSSR count). The Morgan fingerprint density at radius 2 is 2.19 bits per heavy atom. The van der Waals surface area contributed by atoms with E-state index in [2.05, 4.69) is 37.1 Å². The second kappa shape index (κ2) is 5.55. The van der Waals surface area contributed by atoms with E-state index in [1.165, 1.54) is 36.2 Å². The molecule has 16 heavy (non-hydrogen) atoms. The number of nitrogens with zero attached hydrogens (tertiary/aromatic N) is 1. The summed E-state index contributed by atoms with van der Waals surface area (Å²) in [6, 6.07) is 7.04. The molecule has 0 radical (unpaired) electrons. The fourth-order valence-corrected chi connectivity index (χ4v) is 2.34. The van der Waals surface area contributed by atoms with E-state index in [-0.39, 0.29) is 18.4 Å². The van der Waals surface area contributed by atoms with Gasteiger partial charge in [-0.15, -0.1) is 12.4 Å². The lowest BCUT2D eigenvalue weighted by atomic mass is 9.97. The molecule has 1 aromatic rings. The van der Waals surface area contributed by atoms with E-state index in [4.69, 9.17) is 5.73 Å². The fraction of sp³-hybridized carbons (Fsp3) is 0.538. The number of rotatable bonds is 2. The molecule has 0 amide bonds. The lowest BCUT2D eigenvalue weighted by Gasteiger charge is -2.28. The van der Waals surface area contributed by atoms with Crippen LogP contribution in [0.15, 0.2) is 18.2 Å². The zero-order valence-electron chi connectivity index (χ0n) is 10.1. The van der Waals surface area contributed by atoms with Crippen molar-refractivity contribution in [2.45, 2.75) is 32.2 Å². The maximum absolute atomic E-state index is 5.82. The van der Waals surface area contributed by atoms with Gasteiger partial charge in [0.2, 0.25) is 0 Å². The quantitative estimate of drug-likeness (QED) is 0.860. The number of anilines is 1. The second-order valence-corrected chi connectivity index (χ2v) is 4.67. The Balaban J connectivity index is 0.00000128. The average molecular weight is 241 g/mol. The van der Waals surface area contributed by atoms with E-state index in [0.717, 1.165) is 6.42 Å². The van der Waals surface area contributed by atoms with Crippen LogP contribution in [0.25, 0.3) is 0 Å². The summed E-state index contributed by atoms with van der Waals surface area (Å²) < 4.78 is 0. The number of aryl methyl sites for hydroxylation is 1. The molecule has 1 unspecified atom stereocenters. The first-order valence-electron chi connectivity index (χ1n) is 5.75. The molecule has 90 valence electrons. The standard InChI is InChI=1S/C13H20N2.ClH/c1-10(14)8-11-5-6-13-12(9-11)4-3-7-15(13)2;/h5-6,9-10H,3-4,7-8,14H2,1-2H3;1H. The zero-order valence-corrected chi connectivity index (χ0v) is 10.9. The first-order chi connectivity index (χ1) is 7.16. The third-order valence-electron chi connectivity index (χ3n) is 3.05. The molecule has 1 aliphatic rings. The highest BCUT2D eigenvalue weighted by Crippen LogP contribution is 2.26. The zero-order chi connectivity index (χ0) is 10.8. The first kappa shape index (κ1) is 13.3. The highest BCUT2D eigenvalue weighted by Gasteiger charge is 2.13. The summed E-state index contributed by atoms with van der Waals surface area (Å²) in [5.74, 6) is 0. The summed E-state index contributed by atoms with van der Waals surface area (Å²) in [4.78, 5) is 2.34. The lowest BCUT2D eigenvalue weighted by Crippen LogP contribution is -2.25. The van der Waals surface area contributed by atoms with Crippen LogP contribution in [0, 0.1) is 0 Å². The molecule has 3 heteroatoms. The van der Waals surface area contributed by atoms with Gasteiger partial charge in [0.25, 0.3) is 0 Å². The van der Waals surface area contributed by atoms with Crippen LogP contribution in [0.3, 0.4) is 0 Å². The molecular weight excluding hydrogens is 220 g/mol. The Labute approximate surface area is 104 Å². The van der Waals surface area contributed by atoms with Crippen LogP contribution in [0.2, 0.25) is 0 Å². The average Bonchev–Trinajstić information content (AvgIpc) is 2.17. The Hall–Kier alpha value is -0.730. The Kier molecular flexibility index (Phi) is 4.63. The van der Waals surface area contributed by atoms with Gasteiger partial charge in [0, 0.05) is 25.3 Å². The van der Waals surface area contributed by atoms with E-state index >= 15 is 0 Å². The minimum atomic E-state index is 0. The van der Waals surface area contributed by atoms with Crippen molar-refractivity contribution in [3.05, 3.63) is 29.3 Å². The summed E-state index contributed by atoms with van der Waals surface area (Å²) in [5.41, 5.74) is 10.1. The van der Waals surface area contributed by atoms with Crippen molar-refractivity contribution in [1.29, 1.82) is 0 Å². The van der Waals surface area contributed by atoms with Crippen molar-refractivity contribution in [1.82, 2.24) is 0 Å². The van der Waals surface area contributed by atoms with Gasteiger partial charge in [-0.2, -0.15) is 0 Å².